The van der Waals surface area contributed by atoms with Gasteiger partial charge in [0.1, 0.15) is 5.01 Å². The van der Waals surface area contributed by atoms with Gasteiger partial charge in [-0.1, -0.05) is 30.3 Å². The summed E-state index contributed by atoms with van der Waals surface area (Å²) in [5.41, 5.74) is 7.47. The second-order valence-electron chi connectivity index (χ2n) is 3.35. The van der Waals surface area contributed by atoms with Crippen molar-refractivity contribution in [1.82, 2.24) is 4.98 Å². The van der Waals surface area contributed by atoms with E-state index >= 15 is 0 Å². The zero-order chi connectivity index (χ0) is 11.2. The van der Waals surface area contributed by atoms with Crippen LogP contribution < -0.4 is 5.73 Å². The molecule has 0 aliphatic rings. The van der Waals surface area contributed by atoms with Crippen LogP contribution in [0.4, 0.5) is 0 Å². The van der Waals surface area contributed by atoms with Gasteiger partial charge in [-0.3, -0.25) is 0 Å². The van der Waals surface area contributed by atoms with Gasteiger partial charge in [-0.25, -0.2) is 4.98 Å². The van der Waals surface area contributed by atoms with Crippen LogP contribution in [-0.4, -0.2) is 18.1 Å². The van der Waals surface area contributed by atoms with Gasteiger partial charge in [-0.2, -0.15) is 0 Å². The first kappa shape index (κ1) is 11.3. The molecule has 0 amide bonds. The summed E-state index contributed by atoms with van der Waals surface area (Å²) in [6.07, 6.45) is 0. The Labute approximate surface area is 98.9 Å². The number of nitrogens with zero attached hydrogens (tertiary/aromatic N) is 1. The summed E-state index contributed by atoms with van der Waals surface area (Å²) in [6.45, 7) is 1.68. The molecule has 2 rings (SSSR count). The molecular formula is C12H14N2OS. The van der Waals surface area contributed by atoms with Crippen LogP contribution in [-0.2, 0) is 11.3 Å². The van der Waals surface area contributed by atoms with Crippen LogP contribution in [0.2, 0.25) is 0 Å². The van der Waals surface area contributed by atoms with Crippen LogP contribution in [0.1, 0.15) is 5.69 Å². The molecule has 1 heterocycles. The number of nitrogens with two attached hydrogens (primary N) is 1. The van der Waals surface area contributed by atoms with Crippen molar-refractivity contribution in [2.75, 3.05) is 13.2 Å². The summed E-state index contributed by atoms with van der Waals surface area (Å²) in [5.74, 6) is 0. The minimum absolute atomic E-state index is 0.542. The Balaban J connectivity index is 2.02. The third kappa shape index (κ3) is 2.88. The second kappa shape index (κ2) is 5.75. The lowest BCUT2D eigenvalue weighted by molar-refractivity contribution is 0.126. The Morgan fingerprint density at radius 2 is 2.06 bits per heavy atom. The molecule has 3 nitrogen and oxygen atoms in total. The lowest BCUT2D eigenvalue weighted by Gasteiger charge is -1.98. The Hall–Kier alpha value is -1.23. The first-order valence-electron chi connectivity index (χ1n) is 5.18. The normalized spacial score (nSPS) is 10.6. The smallest absolute Gasteiger partial charge is 0.123 e. The lowest BCUT2D eigenvalue weighted by Crippen LogP contribution is -2.08. The molecule has 0 aliphatic heterocycles. The largest absolute Gasteiger partial charge is 0.374 e. The van der Waals surface area contributed by atoms with Gasteiger partial charge in [0.15, 0.2) is 0 Å². The summed E-state index contributed by atoms with van der Waals surface area (Å²) < 4.78 is 5.34. The van der Waals surface area contributed by atoms with Crippen LogP contribution in [0.5, 0.6) is 0 Å². The molecule has 1 aromatic heterocycles. The maximum absolute atomic E-state index is 5.35. The Bertz CT molecular complexity index is 428. The van der Waals surface area contributed by atoms with E-state index < -0.39 is 0 Å². The number of benzene rings is 1. The van der Waals surface area contributed by atoms with Gasteiger partial charge in [-0.15, -0.1) is 11.3 Å². The molecule has 2 N–H and O–H groups in total. The van der Waals surface area contributed by atoms with E-state index in [1.807, 2.05) is 23.6 Å². The fraction of sp³-hybridized carbons (Fsp3) is 0.250. The molecule has 0 fully saturated rings. The summed E-state index contributed by atoms with van der Waals surface area (Å²) in [7, 11) is 0. The molecular weight excluding hydrogens is 220 g/mol. The Morgan fingerprint density at radius 3 is 2.81 bits per heavy atom. The topological polar surface area (TPSA) is 48.1 Å². The number of aromatic nitrogens is 1. The van der Waals surface area contributed by atoms with Crippen LogP contribution in [0.15, 0.2) is 35.7 Å². The molecule has 0 radical (unpaired) electrons. The standard InChI is InChI=1S/C12H14N2OS/c13-6-7-15-8-11-9-16-12(14-11)10-4-2-1-3-5-10/h1-5,9H,6-8,13H2. The maximum Gasteiger partial charge on any atom is 0.123 e. The van der Waals surface area contributed by atoms with E-state index in [0.717, 1.165) is 16.3 Å². The predicted molar refractivity (Wildman–Crippen MR) is 66.3 cm³/mol. The number of rotatable bonds is 5. The maximum atomic E-state index is 5.35. The average Bonchev–Trinajstić information content (AvgIpc) is 2.79. The van der Waals surface area contributed by atoms with Gasteiger partial charge in [-0.05, 0) is 0 Å². The molecule has 0 atom stereocenters. The quantitative estimate of drug-likeness (QED) is 0.807. The summed E-state index contributed by atoms with van der Waals surface area (Å²) in [6, 6.07) is 10.2. The number of thiazole rings is 1. The molecule has 0 spiro atoms. The Kier molecular flexibility index (Phi) is 4.04. The van der Waals surface area contributed by atoms with Crippen LogP contribution in [0.3, 0.4) is 0 Å². The SMILES string of the molecule is NCCOCc1csc(-c2ccccc2)n1. The van der Waals surface area contributed by atoms with Crippen molar-refractivity contribution in [3.05, 3.63) is 41.4 Å². The fourth-order valence-electron chi connectivity index (χ4n) is 1.35. The molecule has 1 aromatic carbocycles. The summed E-state index contributed by atoms with van der Waals surface area (Å²) >= 11 is 1.64. The van der Waals surface area contributed by atoms with Crippen molar-refractivity contribution in [1.29, 1.82) is 0 Å². The Morgan fingerprint density at radius 1 is 1.25 bits per heavy atom. The van der Waals surface area contributed by atoms with Crippen molar-refractivity contribution in [2.24, 2.45) is 5.73 Å². The summed E-state index contributed by atoms with van der Waals surface area (Å²) in [4.78, 5) is 4.51. The zero-order valence-electron chi connectivity index (χ0n) is 8.93. The molecule has 0 unspecified atom stereocenters. The van der Waals surface area contributed by atoms with E-state index in [1.54, 1.807) is 11.3 Å². The first-order chi connectivity index (χ1) is 7.90. The lowest BCUT2D eigenvalue weighted by atomic mass is 10.2. The number of ether oxygens (including phenoxy) is 1. The molecule has 0 aliphatic carbocycles. The molecule has 0 bridgehead atoms. The van der Waals surface area contributed by atoms with Crippen molar-refractivity contribution in [2.45, 2.75) is 6.61 Å². The second-order valence-corrected chi connectivity index (χ2v) is 4.21. The molecule has 4 heteroatoms. The van der Waals surface area contributed by atoms with Crippen LogP contribution in [0, 0.1) is 0 Å². The molecule has 0 saturated heterocycles. The van der Waals surface area contributed by atoms with E-state index in [4.69, 9.17) is 10.5 Å². The average molecular weight is 234 g/mol. The first-order valence-corrected chi connectivity index (χ1v) is 6.06. The highest BCUT2D eigenvalue weighted by Crippen LogP contribution is 2.23. The van der Waals surface area contributed by atoms with Gasteiger partial charge in [0.05, 0.1) is 18.9 Å². The fourth-order valence-corrected chi connectivity index (χ4v) is 2.16. The van der Waals surface area contributed by atoms with Crippen LogP contribution >= 0.6 is 11.3 Å². The summed E-state index contributed by atoms with van der Waals surface area (Å²) in [5, 5.41) is 3.06. The molecule has 2 aromatic rings. The van der Waals surface area contributed by atoms with E-state index in [-0.39, 0.29) is 0 Å². The van der Waals surface area contributed by atoms with Gasteiger partial charge in [0, 0.05) is 17.5 Å². The van der Waals surface area contributed by atoms with Gasteiger partial charge in [0.25, 0.3) is 0 Å². The van der Waals surface area contributed by atoms with Crippen molar-refractivity contribution >= 4 is 11.3 Å². The van der Waals surface area contributed by atoms with Crippen LogP contribution in [0.25, 0.3) is 10.6 Å². The molecule has 84 valence electrons. The van der Waals surface area contributed by atoms with Crippen molar-refractivity contribution in [3.8, 4) is 10.6 Å². The molecule has 16 heavy (non-hydrogen) atoms. The van der Waals surface area contributed by atoms with Gasteiger partial charge >= 0.3 is 0 Å². The highest BCUT2D eigenvalue weighted by atomic mass is 32.1. The van der Waals surface area contributed by atoms with E-state index in [9.17, 15) is 0 Å². The van der Waals surface area contributed by atoms with Crippen molar-refractivity contribution < 1.29 is 4.74 Å². The minimum atomic E-state index is 0.542. The van der Waals surface area contributed by atoms with Gasteiger partial charge < -0.3 is 10.5 Å². The highest BCUT2D eigenvalue weighted by Gasteiger charge is 2.03. The third-order valence-corrected chi connectivity index (χ3v) is 3.02. The van der Waals surface area contributed by atoms with Gasteiger partial charge in [0.2, 0.25) is 0 Å². The zero-order valence-corrected chi connectivity index (χ0v) is 9.74. The molecule has 0 saturated carbocycles. The minimum Gasteiger partial charge on any atom is -0.374 e. The number of hydrogen-bond donors (Lipinski definition) is 1. The predicted octanol–water partition coefficient (Wildman–Crippen LogP) is 2.29. The van der Waals surface area contributed by atoms with E-state index in [1.165, 1.54) is 0 Å². The van der Waals surface area contributed by atoms with Crippen molar-refractivity contribution in [3.63, 3.8) is 0 Å². The third-order valence-electron chi connectivity index (χ3n) is 2.08. The highest BCUT2D eigenvalue weighted by molar-refractivity contribution is 7.13. The van der Waals surface area contributed by atoms with E-state index in [2.05, 4.69) is 17.1 Å². The van der Waals surface area contributed by atoms with E-state index in [0.29, 0.717) is 19.8 Å². The monoisotopic (exact) mass is 234 g/mol. The number of hydrogen-bond acceptors (Lipinski definition) is 4.